The molecule has 3 nitrogen and oxygen atoms in total. The minimum atomic E-state index is -0.130. The maximum Gasteiger partial charge on any atom is 0.220 e. The molecule has 0 unspecified atom stereocenters. The zero-order chi connectivity index (χ0) is 20.3. The molecule has 2 aliphatic carbocycles. The largest absolute Gasteiger partial charge is 0.369 e. The first kappa shape index (κ1) is 21.2. The molecule has 0 spiro atoms. The average Bonchev–Trinajstić information content (AvgIpc) is 3.50. The Labute approximate surface area is 177 Å². The lowest BCUT2D eigenvalue weighted by Gasteiger charge is -2.33. The quantitative estimate of drug-likeness (QED) is 0.654. The van der Waals surface area contributed by atoms with Gasteiger partial charge in [0.05, 0.1) is 10.0 Å². The lowest BCUT2D eigenvalue weighted by molar-refractivity contribution is -0.119. The van der Waals surface area contributed by atoms with Crippen LogP contribution in [-0.4, -0.2) is 11.9 Å². The highest BCUT2D eigenvalue weighted by Crippen LogP contribution is 2.42. The number of hydrogen-bond donors (Lipinski definition) is 2. The molecule has 0 bridgehead atoms. The van der Waals surface area contributed by atoms with Gasteiger partial charge in [-0.25, -0.2) is 0 Å². The van der Waals surface area contributed by atoms with Gasteiger partial charge < -0.3 is 11.1 Å². The van der Waals surface area contributed by atoms with E-state index in [4.69, 9.17) is 28.9 Å². The molecule has 28 heavy (non-hydrogen) atoms. The number of nitrogens with two attached hydrogens (primary N) is 1. The first-order valence-electron chi connectivity index (χ1n) is 9.96. The summed E-state index contributed by atoms with van der Waals surface area (Å²) in [6, 6.07) is 15.7. The molecule has 5 heteroatoms. The van der Waals surface area contributed by atoms with Gasteiger partial charge in [0.2, 0.25) is 5.91 Å². The first-order chi connectivity index (χ1) is 13.4. The third kappa shape index (κ3) is 5.28. The highest BCUT2D eigenvalue weighted by molar-refractivity contribution is 6.42. The van der Waals surface area contributed by atoms with Gasteiger partial charge in [-0.15, -0.1) is 0 Å². The second-order valence-electron chi connectivity index (χ2n) is 7.98. The number of primary amides is 1. The van der Waals surface area contributed by atoms with Crippen LogP contribution in [0.2, 0.25) is 10.0 Å². The van der Waals surface area contributed by atoms with Crippen LogP contribution >= 0.6 is 23.2 Å². The monoisotopic (exact) mass is 418 g/mol. The van der Waals surface area contributed by atoms with Gasteiger partial charge in [-0.2, -0.15) is 0 Å². The van der Waals surface area contributed by atoms with Crippen LogP contribution in [0.15, 0.2) is 42.5 Å². The summed E-state index contributed by atoms with van der Waals surface area (Å²) >= 11 is 12.3. The summed E-state index contributed by atoms with van der Waals surface area (Å²) in [6.07, 6.45) is 4.31. The molecular formula is C23H28Cl2N2O. The molecule has 2 atom stereocenters. The van der Waals surface area contributed by atoms with Crippen molar-refractivity contribution in [3.05, 3.63) is 69.2 Å². The summed E-state index contributed by atoms with van der Waals surface area (Å²) in [5.74, 6) is 0.510. The molecule has 3 N–H and O–H groups in total. The van der Waals surface area contributed by atoms with Crippen LogP contribution in [0.5, 0.6) is 0 Å². The van der Waals surface area contributed by atoms with Crippen LogP contribution in [0.1, 0.15) is 68.2 Å². The summed E-state index contributed by atoms with van der Waals surface area (Å²) in [5.41, 5.74) is 8.94. The smallest absolute Gasteiger partial charge is 0.220 e. The van der Waals surface area contributed by atoms with Gasteiger partial charge >= 0.3 is 0 Å². The second-order valence-corrected chi connectivity index (χ2v) is 8.80. The standard InChI is InChI=1S/C19H21Cl2N.C4H7NO/c1-12(2)22-19-10-8-14(15-5-3-4-6-16(15)19)13-7-9-17(20)18(21)11-13;5-4(6)3-1-2-3/h3-7,9,11-12,14,19,22H,8,10H2,1-2H3;3H,1-2H2,(H2,5,6)/t14-,19-;/m0./s1. The predicted octanol–water partition coefficient (Wildman–Crippen LogP) is 5.84. The molecule has 0 aromatic heterocycles. The highest BCUT2D eigenvalue weighted by Gasteiger charge is 2.28. The molecule has 1 amide bonds. The van der Waals surface area contributed by atoms with Crippen molar-refractivity contribution in [2.24, 2.45) is 11.7 Å². The fourth-order valence-corrected chi connectivity index (χ4v) is 4.12. The molecule has 2 aromatic rings. The van der Waals surface area contributed by atoms with E-state index >= 15 is 0 Å². The lowest BCUT2D eigenvalue weighted by atomic mass is 9.76. The Morgan fingerprint density at radius 2 is 1.68 bits per heavy atom. The number of nitrogens with one attached hydrogen (secondary N) is 1. The number of amides is 1. The van der Waals surface area contributed by atoms with E-state index in [0.717, 1.165) is 25.7 Å². The SMILES string of the molecule is CC(C)N[C@H]1CC[C@@H](c2ccc(Cl)c(Cl)c2)c2ccccc21.NC(=O)C1CC1. The van der Waals surface area contributed by atoms with Gasteiger partial charge in [-0.05, 0) is 54.5 Å². The van der Waals surface area contributed by atoms with E-state index in [1.807, 2.05) is 12.1 Å². The number of fused-ring (bicyclic) bond motifs is 1. The summed E-state index contributed by atoms with van der Waals surface area (Å²) in [6.45, 7) is 4.40. The summed E-state index contributed by atoms with van der Waals surface area (Å²) in [7, 11) is 0. The van der Waals surface area contributed by atoms with Crippen molar-refractivity contribution in [2.75, 3.05) is 0 Å². The molecule has 0 radical (unpaired) electrons. The molecule has 2 aliphatic rings. The topological polar surface area (TPSA) is 55.1 Å². The van der Waals surface area contributed by atoms with E-state index in [9.17, 15) is 4.79 Å². The van der Waals surface area contributed by atoms with Crippen molar-refractivity contribution < 1.29 is 4.79 Å². The van der Waals surface area contributed by atoms with Gasteiger partial charge in [0.25, 0.3) is 0 Å². The molecular weight excluding hydrogens is 391 g/mol. The summed E-state index contributed by atoms with van der Waals surface area (Å²) in [4.78, 5) is 9.98. The lowest BCUT2D eigenvalue weighted by Crippen LogP contribution is -2.31. The normalized spacial score (nSPS) is 20.9. The number of carbonyl (C=O) groups is 1. The zero-order valence-corrected chi connectivity index (χ0v) is 17.9. The van der Waals surface area contributed by atoms with Crippen LogP contribution in [0, 0.1) is 5.92 Å². The van der Waals surface area contributed by atoms with Crippen LogP contribution in [0.3, 0.4) is 0 Å². The Kier molecular flexibility index (Phi) is 7.03. The molecule has 2 aromatic carbocycles. The maximum absolute atomic E-state index is 9.98. The first-order valence-corrected chi connectivity index (χ1v) is 10.7. The third-order valence-corrected chi connectivity index (χ3v) is 6.09. The van der Waals surface area contributed by atoms with Crippen molar-refractivity contribution in [3.63, 3.8) is 0 Å². The van der Waals surface area contributed by atoms with Crippen molar-refractivity contribution in [1.29, 1.82) is 0 Å². The van der Waals surface area contributed by atoms with Crippen LogP contribution < -0.4 is 11.1 Å². The Morgan fingerprint density at radius 1 is 1.00 bits per heavy atom. The molecule has 0 aliphatic heterocycles. The van der Waals surface area contributed by atoms with Gasteiger partial charge in [0, 0.05) is 23.9 Å². The molecule has 1 fully saturated rings. The molecule has 0 saturated heterocycles. The van der Waals surface area contributed by atoms with E-state index < -0.39 is 0 Å². The summed E-state index contributed by atoms with van der Waals surface area (Å²) < 4.78 is 0. The van der Waals surface area contributed by atoms with E-state index in [1.54, 1.807) is 0 Å². The van der Waals surface area contributed by atoms with E-state index in [0.29, 0.717) is 28.0 Å². The van der Waals surface area contributed by atoms with Crippen LogP contribution in [-0.2, 0) is 4.79 Å². The molecule has 1 saturated carbocycles. The van der Waals surface area contributed by atoms with E-state index in [2.05, 4.69) is 49.5 Å². The highest BCUT2D eigenvalue weighted by atomic mass is 35.5. The van der Waals surface area contributed by atoms with E-state index in [1.165, 1.54) is 16.7 Å². The minimum absolute atomic E-state index is 0.130. The summed E-state index contributed by atoms with van der Waals surface area (Å²) in [5, 5.41) is 4.94. The fourth-order valence-electron chi connectivity index (χ4n) is 3.81. The van der Waals surface area contributed by atoms with Gasteiger partial charge in [-0.1, -0.05) is 67.4 Å². The second kappa shape index (κ2) is 9.30. The number of benzene rings is 2. The zero-order valence-electron chi connectivity index (χ0n) is 16.4. The van der Waals surface area contributed by atoms with Crippen molar-refractivity contribution in [3.8, 4) is 0 Å². The Hall–Kier alpha value is -1.55. The molecule has 150 valence electrons. The Balaban J connectivity index is 0.000000320. The Morgan fingerprint density at radius 3 is 2.21 bits per heavy atom. The number of rotatable bonds is 4. The van der Waals surface area contributed by atoms with Crippen molar-refractivity contribution >= 4 is 29.1 Å². The third-order valence-electron chi connectivity index (χ3n) is 5.35. The van der Waals surface area contributed by atoms with Gasteiger partial charge in [0.15, 0.2) is 0 Å². The fraction of sp³-hybridized carbons (Fsp3) is 0.435. The predicted molar refractivity (Wildman–Crippen MR) is 117 cm³/mol. The van der Waals surface area contributed by atoms with E-state index in [-0.39, 0.29) is 11.8 Å². The van der Waals surface area contributed by atoms with Crippen LogP contribution in [0.4, 0.5) is 0 Å². The van der Waals surface area contributed by atoms with Gasteiger partial charge in [-0.3, -0.25) is 4.79 Å². The number of hydrogen-bond acceptors (Lipinski definition) is 2. The molecule has 0 heterocycles. The number of halogens is 2. The Bertz CT molecular complexity index is 833. The van der Waals surface area contributed by atoms with Gasteiger partial charge in [0.1, 0.15) is 0 Å². The van der Waals surface area contributed by atoms with Crippen molar-refractivity contribution in [2.45, 2.75) is 57.5 Å². The minimum Gasteiger partial charge on any atom is -0.369 e. The number of carbonyl (C=O) groups excluding carboxylic acids is 1. The maximum atomic E-state index is 9.98. The van der Waals surface area contributed by atoms with Crippen LogP contribution in [0.25, 0.3) is 0 Å². The van der Waals surface area contributed by atoms with Crippen molar-refractivity contribution in [1.82, 2.24) is 5.32 Å². The molecule has 4 rings (SSSR count). The average molecular weight is 419 g/mol.